The summed E-state index contributed by atoms with van der Waals surface area (Å²) in [6, 6.07) is 12.2. The minimum absolute atomic E-state index is 0.294. The van der Waals surface area contributed by atoms with Crippen LogP contribution in [-0.4, -0.2) is 20.4 Å². The standard InChI is InChI=1S/C17H10FN3O3S/c18-9-5-7-10(8-6-9)19-14(22)13-15(23)20-17-21(16(13)24)11-3-1-2-4-12(11)25-17/h1-8,23H,(H,19,22). The van der Waals surface area contributed by atoms with E-state index in [9.17, 15) is 19.1 Å². The number of hydrogen-bond donors (Lipinski definition) is 2. The van der Waals surface area contributed by atoms with Crippen LogP contribution in [0.25, 0.3) is 15.2 Å². The van der Waals surface area contributed by atoms with Crippen molar-refractivity contribution < 1.29 is 14.3 Å². The number of hydrogen-bond acceptors (Lipinski definition) is 5. The third-order valence-corrected chi connectivity index (χ3v) is 4.69. The number of fused-ring (bicyclic) bond motifs is 3. The first kappa shape index (κ1) is 15.3. The van der Waals surface area contributed by atoms with E-state index in [4.69, 9.17) is 0 Å². The topological polar surface area (TPSA) is 83.7 Å². The summed E-state index contributed by atoms with van der Waals surface area (Å²) in [7, 11) is 0. The Hall–Kier alpha value is -3.26. The van der Waals surface area contributed by atoms with Crippen molar-refractivity contribution in [3.63, 3.8) is 0 Å². The van der Waals surface area contributed by atoms with E-state index in [0.717, 1.165) is 4.70 Å². The molecule has 0 aliphatic rings. The first-order valence-corrected chi connectivity index (χ1v) is 8.06. The zero-order valence-electron chi connectivity index (χ0n) is 12.6. The number of benzene rings is 2. The predicted octanol–water partition coefficient (Wildman–Crippen LogP) is 3.01. The van der Waals surface area contributed by atoms with Crippen LogP contribution < -0.4 is 10.9 Å². The molecule has 4 rings (SSSR count). The van der Waals surface area contributed by atoms with E-state index in [1.54, 1.807) is 12.1 Å². The number of amides is 1. The Morgan fingerprint density at radius 2 is 1.88 bits per heavy atom. The minimum atomic E-state index is -0.814. The minimum Gasteiger partial charge on any atom is -0.492 e. The van der Waals surface area contributed by atoms with E-state index in [1.165, 1.54) is 40.0 Å². The number of halogens is 1. The second-order valence-corrected chi connectivity index (χ2v) is 6.27. The molecule has 4 aromatic rings. The van der Waals surface area contributed by atoms with Gasteiger partial charge in [0.25, 0.3) is 11.5 Å². The van der Waals surface area contributed by atoms with Gasteiger partial charge < -0.3 is 10.4 Å². The Balaban J connectivity index is 1.86. The van der Waals surface area contributed by atoms with Crippen LogP contribution in [0.4, 0.5) is 10.1 Å². The van der Waals surface area contributed by atoms with E-state index in [2.05, 4.69) is 10.3 Å². The highest BCUT2D eigenvalue weighted by Crippen LogP contribution is 2.25. The van der Waals surface area contributed by atoms with Gasteiger partial charge in [-0.1, -0.05) is 23.5 Å². The molecular weight excluding hydrogens is 345 g/mol. The largest absolute Gasteiger partial charge is 0.492 e. The fourth-order valence-corrected chi connectivity index (χ4v) is 3.54. The van der Waals surface area contributed by atoms with Crippen LogP contribution in [0.5, 0.6) is 5.88 Å². The van der Waals surface area contributed by atoms with Gasteiger partial charge in [-0.05, 0) is 36.4 Å². The van der Waals surface area contributed by atoms with E-state index in [0.29, 0.717) is 16.2 Å². The monoisotopic (exact) mass is 355 g/mol. The highest BCUT2D eigenvalue weighted by atomic mass is 32.1. The van der Waals surface area contributed by atoms with Crippen LogP contribution in [0.3, 0.4) is 0 Å². The number of thiazole rings is 1. The molecule has 0 fully saturated rings. The summed E-state index contributed by atoms with van der Waals surface area (Å²) < 4.78 is 15.0. The summed E-state index contributed by atoms with van der Waals surface area (Å²) in [4.78, 5) is 29.4. The van der Waals surface area contributed by atoms with Crippen molar-refractivity contribution in [1.29, 1.82) is 0 Å². The molecule has 2 aromatic carbocycles. The molecule has 0 atom stereocenters. The number of nitrogens with one attached hydrogen (secondary N) is 1. The molecule has 2 N–H and O–H groups in total. The zero-order valence-corrected chi connectivity index (χ0v) is 13.4. The highest BCUT2D eigenvalue weighted by Gasteiger charge is 2.22. The lowest BCUT2D eigenvalue weighted by molar-refractivity contribution is 0.102. The lowest BCUT2D eigenvalue weighted by atomic mass is 10.2. The molecule has 0 saturated heterocycles. The second kappa shape index (κ2) is 5.67. The summed E-state index contributed by atoms with van der Waals surface area (Å²) in [6.07, 6.45) is 0. The number of carbonyl (C=O) groups excluding carboxylic acids is 1. The first-order chi connectivity index (χ1) is 12.0. The zero-order chi connectivity index (χ0) is 17.6. The van der Waals surface area contributed by atoms with Crippen LogP contribution in [0, 0.1) is 5.82 Å². The Morgan fingerprint density at radius 1 is 1.16 bits per heavy atom. The summed E-state index contributed by atoms with van der Waals surface area (Å²) in [5.41, 5.74) is -0.230. The number of carbonyl (C=O) groups is 1. The van der Waals surface area contributed by atoms with Gasteiger partial charge in [0.05, 0.1) is 10.2 Å². The molecule has 0 saturated carbocycles. The molecule has 25 heavy (non-hydrogen) atoms. The van der Waals surface area contributed by atoms with Crippen LogP contribution >= 0.6 is 11.3 Å². The average molecular weight is 355 g/mol. The van der Waals surface area contributed by atoms with Crippen LogP contribution in [0.15, 0.2) is 53.3 Å². The molecule has 0 unspecified atom stereocenters. The fraction of sp³-hybridized carbons (Fsp3) is 0. The maximum Gasteiger partial charge on any atom is 0.275 e. The normalized spacial score (nSPS) is 11.1. The van der Waals surface area contributed by atoms with Crippen molar-refractivity contribution in [3.05, 3.63) is 70.3 Å². The van der Waals surface area contributed by atoms with Crippen molar-refractivity contribution in [2.75, 3.05) is 5.32 Å². The number of para-hydroxylation sites is 1. The fourth-order valence-electron chi connectivity index (χ4n) is 2.52. The van der Waals surface area contributed by atoms with Crippen LogP contribution in [-0.2, 0) is 0 Å². The highest BCUT2D eigenvalue weighted by molar-refractivity contribution is 7.23. The van der Waals surface area contributed by atoms with E-state index in [-0.39, 0.29) is 0 Å². The molecule has 0 bridgehead atoms. The molecule has 6 nitrogen and oxygen atoms in total. The third kappa shape index (κ3) is 2.52. The van der Waals surface area contributed by atoms with Gasteiger partial charge in [0.2, 0.25) is 10.8 Å². The van der Waals surface area contributed by atoms with Gasteiger partial charge >= 0.3 is 0 Å². The maximum absolute atomic E-state index is 12.9. The molecule has 124 valence electrons. The molecule has 0 radical (unpaired) electrons. The maximum atomic E-state index is 12.9. The molecule has 2 heterocycles. The van der Waals surface area contributed by atoms with Gasteiger partial charge in [0, 0.05) is 5.69 Å². The lowest BCUT2D eigenvalue weighted by Gasteiger charge is -2.06. The summed E-state index contributed by atoms with van der Waals surface area (Å²) in [5.74, 6) is -1.91. The number of nitrogens with zero attached hydrogens (tertiary/aromatic N) is 2. The molecule has 8 heteroatoms. The van der Waals surface area contributed by atoms with Gasteiger partial charge in [-0.15, -0.1) is 0 Å². The van der Waals surface area contributed by atoms with Crippen LogP contribution in [0.1, 0.15) is 10.4 Å². The van der Waals surface area contributed by atoms with Crippen molar-refractivity contribution in [2.24, 2.45) is 0 Å². The average Bonchev–Trinajstić information content (AvgIpc) is 2.95. The number of rotatable bonds is 2. The van der Waals surface area contributed by atoms with Gasteiger partial charge in [-0.25, -0.2) is 4.39 Å². The lowest BCUT2D eigenvalue weighted by Crippen LogP contribution is -2.26. The number of aromatic hydroxyl groups is 1. The number of aromatic nitrogens is 2. The van der Waals surface area contributed by atoms with Crippen molar-refractivity contribution in [3.8, 4) is 5.88 Å². The molecular formula is C17H10FN3O3S. The predicted molar refractivity (Wildman–Crippen MR) is 92.9 cm³/mol. The van der Waals surface area contributed by atoms with Gasteiger partial charge in [-0.3, -0.25) is 14.0 Å². The molecule has 2 aromatic heterocycles. The molecule has 0 aliphatic carbocycles. The SMILES string of the molecule is O=C(Nc1ccc(F)cc1)c1c(O)nc2sc3ccccc3n2c1=O. The second-order valence-electron chi connectivity index (χ2n) is 5.26. The van der Waals surface area contributed by atoms with E-state index < -0.39 is 28.7 Å². The van der Waals surface area contributed by atoms with Crippen LogP contribution in [0.2, 0.25) is 0 Å². The summed E-state index contributed by atoms with van der Waals surface area (Å²) in [6.45, 7) is 0. The summed E-state index contributed by atoms with van der Waals surface area (Å²) >= 11 is 1.23. The Morgan fingerprint density at radius 3 is 2.64 bits per heavy atom. The van der Waals surface area contributed by atoms with Crippen molar-refractivity contribution >= 4 is 38.1 Å². The summed E-state index contributed by atoms with van der Waals surface area (Å²) in [5, 5.41) is 12.5. The molecule has 0 aliphatic heterocycles. The van der Waals surface area contributed by atoms with Crippen molar-refractivity contribution in [2.45, 2.75) is 0 Å². The third-order valence-electron chi connectivity index (χ3n) is 3.67. The Bertz CT molecular complexity index is 1180. The Labute approximate surface area is 143 Å². The van der Waals surface area contributed by atoms with Gasteiger partial charge in [-0.2, -0.15) is 4.98 Å². The number of anilines is 1. The molecule has 0 spiro atoms. The van der Waals surface area contributed by atoms with E-state index in [1.807, 2.05) is 12.1 Å². The first-order valence-electron chi connectivity index (χ1n) is 7.25. The Kier molecular flexibility index (Phi) is 3.47. The quantitative estimate of drug-likeness (QED) is 0.579. The molecule has 1 amide bonds. The van der Waals surface area contributed by atoms with Gasteiger partial charge in [0.1, 0.15) is 5.82 Å². The van der Waals surface area contributed by atoms with Gasteiger partial charge in [0.15, 0.2) is 5.56 Å². The van der Waals surface area contributed by atoms with E-state index >= 15 is 0 Å². The van der Waals surface area contributed by atoms with Crippen molar-refractivity contribution in [1.82, 2.24) is 9.38 Å². The smallest absolute Gasteiger partial charge is 0.275 e.